The normalized spacial score (nSPS) is 17.2. The summed E-state index contributed by atoms with van der Waals surface area (Å²) in [6.45, 7) is -0.000256. The van der Waals surface area contributed by atoms with Gasteiger partial charge in [0.2, 0.25) is 0 Å². The van der Waals surface area contributed by atoms with E-state index in [9.17, 15) is 9.50 Å². The van der Waals surface area contributed by atoms with Crippen molar-refractivity contribution >= 4 is 0 Å². The van der Waals surface area contributed by atoms with Gasteiger partial charge >= 0.3 is 0 Å². The molecule has 1 heterocycles. The molecule has 0 radical (unpaired) electrons. The second kappa shape index (κ2) is 6.39. The lowest BCUT2D eigenvalue weighted by Gasteiger charge is -2.14. The summed E-state index contributed by atoms with van der Waals surface area (Å²) < 4.78 is 15.4. The number of rotatable bonds is 5. The molecule has 0 aliphatic heterocycles. The van der Waals surface area contributed by atoms with Crippen LogP contribution in [0.2, 0.25) is 0 Å². The maximum absolute atomic E-state index is 13.3. The van der Waals surface area contributed by atoms with Gasteiger partial charge in [0.05, 0.1) is 18.3 Å². The van der Waals surface area contributed by atoms with Gasteiger partial charge in [-0.05, 0) is 36.6 Å². The molecule has 4 heteroatoms. The fraction of sp³-hybridized carbons (Fsp3) is 0.471. The summed E-state index contributed by atoms with van der Waals surface area (Å²) in [6, 6.07) is 9.00. The lowest BCUT2D eigenvalue weighted by atomic mass is 9.95. The molecule has 1 fully saturated rings. The van der Waals surface area contributed by atoms with Crippen LogP contribution in [0.1, 0.15) is 48.9 Å². The van der Waals surface area contributed by atoms with E-state index in [0.717, 1.165) is 11.3 Å². The molecular formula is C17H21FN2O. The van der Waals surface area contributed by atoms with Crippen LogP contribution in [-0.4, -0.2) is 21.5 Å². The Kier molecular flexibility index (Phi) is 4.34. The number of aliphatic hydroxyl groups is 1. The molecule has 1 N–H and O–H groups in total. The highest BCUT2D eigenvalue weighted by atomic mass is 19.1. The van der Waals surface area contributed by atoms with Crippen LogP contribution in [0.3, 0.4) is 0 Å². The molecule has 1 unspecified atom stereocenters. The van der Waals surface area contributed by atoms with E-state index in [-0.39, 0.29) is 18.3 Å². The Balaban J connectivity index is 1.72. The largest absolute Gasteiger partial charge is 0.396 e. The Morgan fingerprint density at radius 2 is 2.10 bits per heavy atom. The van der Waals surface area contributed by atoms with Crippen molar-refractivity contribution in [1.29, 1.82) is 0 Å². The van der Waals surface area contributed by atoms with Crippen molar-refractivity contribution < 1.29 is 9.50 Å². The van der Waals surface area contributed by atoms with Crippen LogP contribution in [0.4, 0.5) is 4.39 Å². The van der Waals surface area contributed by atoms with E-state index in [4.69, 9.17) is 0 Å². The molecular weight excluding hydrogens is 267 g/mol. The third kappa shape index (κ3) is 3.32. The van der Waals surface area contributed by atoms with Gasteiger partial charge < -0.3 is 5.11 Å². The quantitative estimate of drug-likeness (QED) is 0.915. The van der Waals surface area contributed by atoms with Gasteiger partial charge in [-0.3, -0.25) is 4.68 Å². The van der Waals surface area contributed by atoms with Crippen LogP contribution < -0.4 is 0 Å². The second-order valence-electron chi connectivity index (χ2n) is 5.86. The smallest absolute Gasteiger partial charge is 0.123 e. The first kappa shape index (κ1) is 14.3. The summed E-state index contributed by atoms with van der Waals surface area (Å²) in [6.07, 6.45) is 7.64. The molecule has 0 spiro atoms. The molecule has 0 amide bonds. The standard InChI is InChI=1S/C17H21FN2O/c18-15-5-3-4-13(10-15)14(12-21)11-16-8-9-20(19-16)17-6-1-2-7-17/h3-5,8-10,14,17,21H,1-2,6-7,11-12H2. The predicted octanol–water partition coefficient (Wildman–Crippen LogP) is 3.46. The Bertz CT molecular complexity index is 590. The zero-order valence-electron chi connectivity index (χ0n) is 12.1. The van der Waals surface area contributed by atoms with Crippen LogP contribution in [-0.2, 0) is 6.42 Å². The minimum absolute atomic E-state index is 0.000256. The van der Waals surface area contributed by atoms with E-state index in [1.165, 1.54) is 37.8 Å². The van der Waals surface area contributed by atoms with Gasteiger partial charge in [-0.2, -0.15) is 5.10 Å². The third-order valence-corrected chi connectivity index (χ3v) is 4.36. The van der Waals surface area contributed by atoms with Gasteiger partial charge in [0.15, 0.2) is 0 Å². The lowest BCUT2D eigenvalue weighted by Crippen LogP contribution is -2.10. The van der Waals surface area contributed by atoms with Crippen molar-refractivity contribution in [2.45, 2.75) is 44.1 Å². The monoisotopic (exact) mass is 288 g/mol. The van der Waals surface area contributed by atoms with Gasteiger partial charge in [0, 0.05) is 18.5 Å². The van der Waals surface area contributed by atoms with Crippen LogP contribution in [0.25, 0.3) is 0 Å². The van der Waals surface area contributed by atoms with Crippen LogP contribution >= 0.6 is 0 Å². The molecule has 1 saturated carbocycles. The maximum Gasteiger partial charge on any atom is 0.123 e. The number of aromatic nitrogens is 2. The van der Waals surface area contributed by atoms with Crippen molar-refractivity contribution in [3.05, 3.63) is 53.6 Å². The minimum atomic E-state index is -0.262. The van der Waals surface area contributed by atoms with Crippen LogP contribution in [0, 0.1) is 5.82 Å². The van der Waals surface area contributed by atoms with E-state index in [1.807, 2.05) is 18.3 Å². The van der Waals surface area contributed by atoms with E-state index >= 15 is 0 Å². The SMILES string of the molecule is OCC(Cc1ccn(C2CCCC2)n1)c1cccc(F)c1. The molecule has 1 aromatic carbocycles. The number of hydrogen-bond acceptors (Lipinski definition) is 2. The van der Waals surface area contributed by atoms with Gasteiger partial charge in [-0.25, -0.2) is 4.39 Å². The molecule has 1 aromatic heterocycles. The Morgan fingerprint density at radius 1 is 1.29 bits per heavy atom. The summed E-state index contributed by atoms with van der Waals surface area (Å²) in [7, 11) is 0. The van der Waals surface area contributed by atoms with Gasteiger partial charge in [-0.1, -0.05) is 25.0 Å². The summed E-state index contributed by atoms with van der Waals surface area (Å²) in [5.41, 5.74) is 1.79. The Morgan fingerprint density at radius 3 is 2.81 bits per heavy atom. The van der Waals surface area contributed by atoms with Gasteiger partial charge in [-0.15, -0.1) is 0 Å². The zero-order chi connectivity index (χ0) is 14.7. The van der Waals surface area contributed by atoms with E-state index in [2.05, 4.69) is 9.78 Å². The first-order valence-electron chi connectivity index (χ1n) is 7.66. The molecule has 1 aliphatic rings. The lowest BCUT2D eigenvalue weighted by molar-refractivity contribution is 0.263. The molecule has 2 aromatic rings. The van der Waals surface area contributed by atoms with E-state index in [0.29, 0.717) is 12.5 Å². The van der Waals surface area contributed by atoms with Gasteiger partial charge in [0.25, 0.3) is 0 Å². The maximum atomic E-state index is 13.3. The topological polar surface area (TPSA) is 38.0 Å². The van der Waals surface area contributed by atoms with Gasteiger partial charge in [0.1, 0.15) is 5.82 Å². The summed E-state index contributed by atoms with van der Waals surface area (Å²) in [4.78, 5) is 0. The molecule has 1 aliphatic carbocycles. The average molecular weight is 288 g/mol. The number of benzene rings is 1. The highest BCUT2D eigenvalue weighted by Gasteiger charge is 2.19. The van der Waals surface area contributed by atoms with E-state index < -0.39 is 0 Å². The molecule has 0 saturated heterocycles. The van der Waals surface area contributed by atoms with Crippen molar-refractivity contribution in [1.82, 2.24) is 9.78 Å². The van der Waals surface area contributed by atoms with Crippen molar-refractivity contribution in [2.24, 2.45) is 0 Å². The fourth-order valence-electron chi connectivity index (χ4n) is 3.16. The number of hydrogen-bond donors (Lipinski definition) is 1. The minimum Gasteiger partial charge on any atom is -0.396 e. The van der Waals surface area contributed by atoms with E-state index in [1.54, 1.807) is 6.07 Å². The fourth-order valence-corrected chi connectivity index (χ4v) is 3.16. The molecule has 1 atom stereocenters. The average Bonchev–Trinajstić information content (AvgIpc) is 3.15. The summed E-state index contributed by atoms with van der Waals surface area (Å²) in [5, 5.41) is 14.2. The zero-order valence-corrected chi connectivity index (χ0v) is 12.1. The van der Waals surface area contributed by atoms with Crippen molar-refractivity contribution in [2.75, 3.05) is 6.61 Å². The Labute approximate surface area is 124 Å². The highest BCUT2D eigenvalue weighted by molar-refractivity contribution is 5.22. The van der Waals surface area contributed by atoms with Crippen molar-refractivity contribution in [3.8, 4) is 0 Å². The molecule has 3 rings (SSSR count). The van der Waals surface area contributed by atoms with Crippen LogP contribution in [0.15, 0.2) is 36.5 Å². The number of aliphatic hydroxyl groups excluding tert-OH is 1. The predicted molar refractivity (Wildman–Crippen MR) is 79.7 cm³/mol. The molecule has 0 bridgehead atoms. The molecule has 112 valence electrons. The summed E-state index contributed by atoms with van der Waals surface area (Å²) >= 11 is 0. The molecule has 21 heavy (non-hydrogen) atoms. The third-order valence-electron chi connectivity index (χ3n) is 4.36. The van der Waals surface area contributed by atoms with Crippen LogP contribution in [0.5, 0.6) is 0 Å². The first-order valence-corrected chi connectivity index (χ1v) is 7.66. The number of nitrogens with zero attached hydrogens (tertiary/aromatic N) is 2. The first-order chi connectivity index (χ1) is 10.3. The molecule has 3 nitrogen and oxygen atoms in total. The highest BCUT2D eigenvalue weighted by Crippen LogP contribution is 2.29. The van der Waals surface area contributed by atoms with Crippen molar-refractivity contribution in [3.63, 3.8) is 0 Å². The Hall–Kier alpha value is -1.68. The number of halogens is 1. The second-order valence-corrected chi connectivity index (χ2v) is 5.86. The summed E-state index contributed by atoms with van der Waals surface area (Å²) in [5.74, 6) is -0.366.